The second-order valence-corrected chi connectivity index (χ2v) is 6.76. The summed E-state index contributed by atoms with van der Waals surface area (Å²) >= 11 is 3.34. The quantitative estimate of drug-likeness (QED) is 0.583. The van der Waals surface area contributed by atoms with Gasteiger partial charge in [0, 0.05) is 34.1 Å². The zero-order valence-electron chi connectivity index (χ0n) is 11.3. The molecule has 0 spiro atoms. The molecule has 1 aromatic carbocycles. The van der Waals surface area contributed by atoms with Gasteiger partial charge in [0.15, 0.2) is 0 Å². The Morgan fingerprint density at radius 3 is 1.95 bits per heavy atom. The highest BCUT2D eigenvalue weighted by Gasteiger charge is 2.19. The van der Waals surface area contributed by atoms with Crippen LogP contribution in [0, 0.1) is 10.1 Å². The summed E-state index contributed by atoms with van der Waals surface area (Å²) in [5.41, 5.74) is 3.98. The fraction of sp³-hybridized carbons (Fsp3) is 0.267. The van der Waals surface area contributed by atoms with Crippen molar-refractivity contribution in [2.24, 2.45) is 0 Å². The lowest BCUT2D eigenvalue weighted by molar-refractivity contribution is -0.386. The van der Waals surface area contributed by atoms with Crippen LogP contribution in [0.2, 0.25) is 0 Å². The normalized spacial score (nSPS) is 14.9. The van der Waals surface area contributed by atoms with Crippen LogP contribution in [-0.4, -0.2) is 9.91 Å². The van der Waals surface area contributed by atoms with E-state index in [2.05, 4.69) is 4.98 Å². The van der Waals surface area contributed by atoms with Crippen molar-refractivity contribution in [2.45, 2.75) is 23.0 Å². The number of aromatic nitrogens is 1. The molecule has 3 rings (SSSR count). The van der Waals surface area contributed by atoms with Crippen molar-refractivity contribution in [2.75, 3.05) is 0 Å². The van der Waals surface area contributed by atoms with Crippen molar-refractivity contribution in [1.29, 1.82) is 0 Å². The molecule has 0 aliphatic carbocycles. The number of nitro groups is 1. The highest BCUT2D eigenvalue weighted by molar-refractivity contribution is 7.98. The van der Waals surface area contributed by atoms with Crippen molar-refractivity contribution in [3.63, 3.8) is 0 Å². The lowest BCUT2D eigenvalue weighted by Crippen LogP contribution is -2.01. The molecule has 2 heterocycles. The predicted molar refractivity (Wildman–Crippen MR) is 87.3 cm³/mol. The van der Waals surface area contributed by atoms with Crippen molar-refractivity contribution in [1.82, 2.24) is 4.98 Å². The lowest BCUT2D eigenvalue weighted by Gasteiger charge is -2.10. The molecule has 0 unspecified atom stereocenters. The first-order chi connectivity index (χ1) is 10.2. The van der Waals surface area contributed by atoms with Crippen molar-refractivity contribution >= 4 is 29.2 Å². The molecule has 108 valence electrons. The molecule has 0 saturated carbocycles. The largest absolute Gasteiger partial charge is 0.277 e. The first kappa shape index (κ1) is 14.4. The number of nitro benzene ring substituents is 1. The van der Waals surface area contributed by atoms with Crippen LogP contribution < -0.4 is 0 Å². The Hall–Kier alpha value is -1.53. The van der Waals surface area contributed by atoms with Gasteiger partial charge in [-0.05, 0) is 12.1 Å². The molecule has 0 atom stereocenters. The molecule has 0 radical (unpaired) electrons. The summed E-state index contributed by atoms with van der Waals surface area (Å²) in [5.74, 6) is 2.83. The maximum atomic E-state index is 11.4. The van der Waals surface area contributed by atoms with Crippen LogP contribution in [0.25, 0.3) is 0 Å². The number of fused-ring (bicyclic) bond motifs is 4. The van der Waals surface area contributed by atoms with E-state index in [-0.39, 0.29) is 10.6 Å². The van der Waals surface area contributed by atoms with E-state index in [9.17, 15) is 10.1 Å². The number of benzene rings is 1. The van der Waals surface area contributed by atoms with Crippen molar-refractivity contribution in [3.8, 4) is 0 Å². The molecule has 4 bridgehead atoms. The first-order valence-corrected chi connectivity index (χ1v) is 8.90. The van der Waals surface area contributed by atoms with E-state index in [0.29, 0.717) is 11.5 Å². The van der Waals surface area contributed by atoms with Gasteiger partial charge in [-0.2, -0.15) is 23.5 Å². The molecular formula is C15H14N2O2S2. The minimum absolute atomic E-state index is 0.241. The fourth-order valence-corrected chi connectivity index (χ4v) is 4.18. The van der Waals surface area contributed by atoms with Crippen LogP contribution in [0.5, 0.6) is 0 Å². The van der Waals surface area contributed by atoms with Gasteiger partial charge in [-0.3, -0.25) is 15.1 Å². The maximum absolute atomic E-state index is 11.4. The number of hydrogen-bond donors (Lipinski definition) is 0. The van der Waals surface area contributed by atoms with Crippen LogP contribution in [0.4, 0.5) is 5.69 Å². The summed E-state index contributed by atoms with van der Waals surface area (Å²) in [6, 6.07) is 11.7. The Balaban J connectivity index is 1.94. The smallest absolute Gasteiger partial charge is 0.258 e. The van der Waals surface area contributed by atoms with Crippen LogP contribution in [0.15, 0.2) is 36.4 Å². The third-order valence-electron chi connectivity index (χ3n) is 3.27. The summed E-state index contributed by atoms with van der Waals surface area (Å²) < 4.78 is 0. The molecule has 0 N–H and O–H groups in total. The minimum Gasteiger partial charge on any atom is -0.258 e. The Kier molecular flexibility index (Phi) is 4.45. The van der Waals surface area contributed by atoms with E-state index >= 15 is 0 Å². The third-order valence-corrected chi connectivity index (χ3v) is 5.30. The summed E-state index contributed by atoms with van der Waals surface area (Å²) in [5, 5.41) is 11.4. The van der Waals surface area contributed by atoms with Gasteiger partial charge in [0.2, 0.25) is 0 Å². The van der Waals surface area contributed by atoms with E-state index in [1.54, 1.807) is 23.5 Å². The highest BCUT2D eigenvalue weighted by Crippen LogP contribution is 2.32. The van der Waals surface area contributed by atoms with Crippen LogP contribution in [-0.2, 0) is 23.0 Å². The van der Waals surface area contributed by atoms with Gasteiger partial charge in [0.1, 0.15) is 0 Å². The van der Waals surface area contributed by atoms with Gasteiger partial charge in [0.25, 0.3) is 5.69 Å². The van der Waals surface area contributed by atoms with Gasteiger partial charge in [0.05, 0.1) is 16.3 Å². The number of para-hydroxylation sites is 1. The van der Waals surface area contributed by atoms with Crippen molar-refractivity contribution in [3.05, 3.63) is 69.0 Å². The van der Waals surface area contributed by atoms with E-state index in [4.69, 9.17) is 0 Å². The second kappa shape index (κ2) is 6.49. The second-order valence-electron chi connectivity index (χ2n) is 4.79. The molecule has 6 heteroatoms. The zero-order valence-corrected chi connectivity index (χ0v) is 13.0. The molecule has 1 aliphatic heterocycles. The standard InChI is InChI=1S/C15H14N2O2S2/c18-17(19)15-11-3-1-4-12(15)8-21-10-14-6-2-5-13(16-14)9-20-7-11/h1-6H,7-10H2. The third kappa shape index (κ3) is 3.39. The average Bonchev–Trinajstić information content (AvgIpc) is 2.47. The van der Waals surface area contributed by atoms with Crippen LogP contribution >= 0.6 is 23.5 Å². The predicted octanol–water partition coefficient (Wildman–Crippen LogP) is 4.17. The molecule has 1 aromatic heterocycles. The topological polar surface area (TPSA) is 56.0 Å². The number of rotatable bonds is 1. The fourth-order valence-electron chi connectivity index (χ4n) is 2.33. The molecular weight excluding hydrogens is 304 g/mol. The molecule has 0 saturated heterocycles. The highest BCUT2D eigenvalue weighted by atomic mass is 32.2. The van der Waals surface area contributed by atoms with Crippen molar-refractivity contribution < 1.29 is 4.92 Å². The number of hydrogen-bond acceptors (Lipinski definition) is 5. The monoisotopic (exact) mass is 318 g/mol. The molecule has 2 aromatic rings. The van der Waals surface area contributed by atoms with Gasteiger partial charge < -0.3 is 0 Å². The van der Waals surface area contributed by atoms with Crippen LogP contribution in [0.1, 0.15) is 22.5 Å². The number of pyridine rings is 1. The molecule has 0 fully saturated rings. The Bertz CT molecular complexity index is 633. The Labute approximate surface area is 131 Å². The number of nitrogens with zero attached hydrogens (tertiary/aromatic N) is 2. The van der Waals surface area contributed by atoms with Crippen LogP contribution in [0.3, 0.4) is 0 Å². The molecule has 21 heavy (non-hydrogen) atoms. The first-order valence-electron chi connectivity index (χ1n) is 6.59. The van der Waals surface area contributed by atoms with Gasteiger partial charge >= 0.3 is 0 Å². The summed E-state index contributed by atoms with van der Waals surface area (Å²) in [7, 11) is 0. The average molecular weight is 318 g/mol. The molecule has 0 amide bonds. The summed E-state index contributed by atoms with van der Waals surface area (Å²) in [6.07, 6.45) is 0. The maximum Gasteiger partial charge on any atom is 0.277 e. The number of thioether (sulfide) groups is 2. The van der Waals surface area contributed by atoms with Gasteiger partial charge in [-0.25, -0.2) is 0 Å². The van der Waals surface area contributed by atoms with Gasteiger partial charge in [-0.15, -0.1) is 0 Å². The van der Waals surface area contributed by atoms with Gasteiger partial charge in [-0.1, -0.05) is 24.3 Å². The molecule has 1 aliphatic rings. The minimum atomic E-state index is -0.241. The summed E-state index contributed by atoms with van der Waals surface area (Å²) in [6.45, 7) is 0. The Morgan fingerprint density at radius 1 is 0.905 bits per heavy atom. The van der Waals surface area contributed by atoms with E-state index in [1.165, 1.54) is 0 Å². The lowest BCUT2D eigenvalue weighted by atomic mass is 10.1. The van der Waals surface area contributed by atoms with E-state index < -0.39 is 0 Å². The van der Waals surface area contributed by atoms with E-state index in [0.717, 1.165) is 34.0 Å². The Morgan fingerprint density at radius 2 is 1.43 bits per heavy atom. The summed E-state index contributed by atoms with van der Waals surface area (Å²) in [4.78, 5) is 15.8. The van der Waals surface area contributed by atoms with E-state index in [1.807, 2.05) is 36.4 Å². The zero-order chi connectivity index (χ0) is 14.7. The SMILES string of the molecule is O=[N+]([O-])c1c2cccc1CSCc1cccc(n1)CSC2. The molecule has 4 nitrogen and oxygen atoms in total.